The molecule has 0 saturated heterocycles. The SMILES string of the molecule is CON(C)S(=O)(=O)c1c(Cl)ccc(Nc2c(N[C@H](C)Cc3ccc(F)cc3)c(=O)c2=O)c1O. The van der Waals surface area contributed by atoms with Gasteiger partial charge in [0.05, 0.1) is 17.8 Å². The first-order valence-electron chi connectivity index (χ1n) is 9.63. The van der Waals surface area contributed by atoms with Crippen molar-refractivity contribution < 1.29 is 22.8 Å². The zero-order valence-corrected chi connectivity index (χ0v) is 19.4. The first-order chi connectivity index (χ1) is 15.5. The summed E-state index contributed by atoms with van der Waals surface area (Å²) >= 11 is 5.99. The number of nitrogens with one attached hydrogen (secondary N) is 2. The lowest BCUT2D eigenvalue weighted by atomic mass is 10.1. The van der Waals surface area contributed by atoms with Gasteiger partial charge in [-0.3, -0.25) is 14.4 Å². The Hall–Kier alpha value is -2.99. The number of hydroxylamine groups is 1. The molecule has 3 N–H and O–H groups in total. The van der Waals surface area contributed by atoms with Gasteiger partial charge < -0.3 is 15.7 Å². The highest BCUT2D eigenvalue weighted by Crippen LogP contribution is 2.39. The van der Waals surface area contributed by atoms with Crippen LogP contribution >= 0.6 is 11.6 Å². The number of nitrogens with zero attached hydrogens (tertiary/aromatic N) is 1. The van der Waals surface area contributed by atoms with Gasteiger partial charge in [-0.15, -0.1) is 0 Å². The van der Waals surface area contributed by atoms with E-state index in [2.05, 4.69) is 10.6 Å². The van der Waals surface area contributed by atoms with E-state index in [9.17, 15) is 27.5 Å². The van der Waals surface area contributed by atoms with E-state index >= 15 is 0 Å². The third-order valence-electron chi connectivity index (χ3n) is 4.95. The van der Waals surface area contributed by atoms with Crippen LogP contribution in [0.3, 0.4) is 0 Å². The second kappa shape index (κ2) is 9.48. The fraction of sp³-hybridized carbons (Fsp3) is 0.238. The molecule has 0 saturated carbocycles. The highest BCUT2D eigenvalue weighted by atomic mass is 35.5. The van der Waals surface area contributed by atoms with Crippen molar-refractivity contribution in [3.63, 3.8) is 0 Å². The van der Waals surface area contributed by atoms with E-state index in [1.54, 1.807) is 19.1 Å². The van der Waals surface area contributed by atoms with Gasteiger partial charge in [-0.25, -0.2) is 12.8 Å². The molecule has 176 valence electrons. The number of halogens is 2. The first-order valence-corrected chi connectivity index (χ1v) is 11.4. The Morgan fingerprint density at radius 3 is 2.33 bits per heavy atom. The molecule has 0 spiro atoms. The smallest absolute Gasteiger partial charge is 0.269 e. The topological polar surface area (TPSA) is 125 Å². The first kappa shape index (κ1) is 24.6. The van der Waals surface area contributed by atoms with E-state index in [1.807, 2.05) is 0 Å². The van der Waals surface area contributed by atoms with Crippen molar-refractivity contribution in [1.82, 2.24) is 4.47 Å². The number of sulfonamides is 1. The number of rotatable bonds is 9. The Balaban J connectivity index is 1.88. The van der Waals surface area contributed by atoms with Crippen molar-refractivity contribution >= 4 is 38.7 Å². The molecule has 0 aliphatic heterocycles. The second-order valence-corrected chi connectivity index (χ2v) is 9.56. The number of hydrogen-bond donors (Lipinski definition) is 3. The average Bonchev–Trinajstić information content (AvgIpc) is 2.77. The van der Waals surface area contributed by atoms with Gasteiger partial charge in [0.2, 0.25) is 0 Å². The van der Waals surface area contributed by atoms with E-state index in [1.165, 1.54) is 24.3 Å². The van der Waals surface area contributed by atoms with Crippen molar-refractivity contribution in [2.75, 3.05) is 24.8 Å². The molecule has 33 heavy (non-hydrogen) atoms. The number of hydrogen-bond acceptors (Lipinski definition) is 8. The predicted octanol–water partition coefficient (Wildman–Crippen LogP) is 2.75. The Kier molecular flexibility index (Phi) is 7.08. The number of aromatic hydroxyl groups is 1. The molecule has 0 aliphatic carbocycles. The highest BCUT2D eigenvalue weighted by Gasteiger charge is 2.30. The minimum Gasteiger partial charge on any atom is -0.504 e. The largest absolute Gasteiger partial charge is 0.504 e. The zero-order chi connectivity index (χ0) is 24.5. The van der Waals surface area contributed by atoms with E-state index < -0.39 is 31.5 Å². The summed E-state index contributed by atoms with van der Waals surface area (Å²) in [4.78, 5) is 28.4. The molecular formula is C21H21ClFN3O6S. The van der Waals surface area contributed by atoms with Gasteiger partial charge in [0, 0.05) is 13.1 Å². The molecule has 1 atom stereocenters. The van der Waals surface area contributed by atoms with Crippen LogP contribution in [-0.4, -0.2) is 38.2 Å². The van der Waals surface area contributed by atoms with Crippen LogP contribution in [0.25, 0.3) is 0 Å². The van der Waals surface area contributed by atoms with Gasteiger partial charge in [-0.2, -0.15) is 0 Å². The molecule has 0 heterocycles. The zero-order valence-electron chi connectivity index (χ0n) is 17.8. The molecule has 0 bridgehead atoms. The highest BCUT2D eigenvalue weighted by molar-refractivity contribution is 7.89. The predicted molar refractivity (Wildman–Crippen MR) is 123 cm³/mol. The summed E-state index contributed by atoms with van der Waals surface area (Å²) in [6, 6.07) is 8.05. The van der Waals surface area contributed by atoms with Crippen LogP contribution in [0.1, 0.15) is 12.5 Å². The third-order valence-corrected chi connectivity index (χ3v) is 7.14. The van der Waals surface area contributed by atoms with Crippen LogP contribution in [0, 0.1) is 5.82 Å². The molecule has 3 aromatic carbocycles. The van der Waals surface area contributed by atoms with Gasteiger partial charge in [-0.05, 0) is 43.2 Å². The standard InChI is InChI=1S/C21H21ClFN3O6S/c1-11(10-12-4-6-13(23)7-5-12)24-16-17(20(29)19(16)28)25-15-9-8-14(22)21(18(15)27)33(30,31)26(2)32-3/h4-9,11,24-25,27H,10H2,1-3H3/t11-/m1/s1. The molecule has 0 amide bonds. The summed E-state index contributed by atoms with van der Waals surface area (Å²) in [7, 11) is -2.07. The minimum absolute atomic E-state index is 0.0117. The Bertz CT molecular complexity index is 1350. The molecule has 0 unspecified atom stereocenters. The summed E-state index contributed by atoms with van der Waals surface area (Å²) in [5, 5.41) is 15.9. The van der Waals surface area contributed by atoms with E-state index in [0.29, 0.717) is 10.9 Å². The number of benzene rings is 2. The van der Waals surface area contributed by atoms with Crippen molar-refractivity contribution in [1.29, 1.82) is 0 Å². The summed E-state index contributed by atoms with van der Waals surface area (Å²) in [5.74, 6) is -1.11. The molecule has 0 fully saturated rings. The Morgan fingerprint density at radius 2 is 1.73 bits per heavy atom. The van der Waals surface area contributed by atoms with Crippen molar-refractivity contribution in [3.05, 3.63) is 73.2 Å². The fourth-order valence-corrected chi connectivity index (χ4v) is 4.74. The quantitative estimate of drug-likeness (QED) is 0.234. The van der Waals surface area contributed by atoms with Crippen LogP contribution in [0.5, 0.6) is 5.75 Å². The van der Waals surface area contributed by atoms with Gasteiger partial charge in [0.25, 0.3) is 20.9 Å². The number of phenols is 1. The molecule has 0 aliphatic rings. The molecule has 12 heteroatoms. The van der Waals surface area contributed by atoms with Crippen molar-refractivity contribution in [2.45, 2.75) is 24.3 Å². The summed E-state index contributed by atoms with van der Waals surface area (Å²) in [6.07, 6.45) is 0.441. The second-order valence-electron chi connectivity index (χ2n) is 7.28. The molecule has 3 rings (SSSR count). The van der Waals surface area contributed by atoms with Crippen LogP contribution in [-0.2, 0) is 21.3 Å². The summed E-state index contributed by atoms with van der Waals surface area (Å²) in [5.41, 5.74) is -1.07. The molecule has 0 radical (unpaired) electrons. The maximum atomic E-state index is 13.1. The van der Waals surface area contributed by atoms with Gasteiger partial charge in [0.1, 0.15) is 22.1 Å². The molecular weight excluding hydrogens is 477 g/mol. The van der Waals surface area contributed by atoms with E-state index in [-0.39, 0.29) is 33.9 Å². The summed E-state index contributed by atoms with van der Waals surface area (Å²) in [6.45, 7) is 1.77. The van der Waals surface area contributed by atoms with E-state index in [0.717, 1.165) is 19.7 Å². The lowest BCUT2D eigenvalue weighted by Crippen LogP contribution is -2.38. The molecule has 0 aromatic heterocycles. The third kappa shape index (κ3) is 4.86. The number of phenolic OH excluding ortho intramolecular Hbond substituents is 1. The maximum Gasteiger partial charge on any atom is 0.269 e. The van der Waals surface area contributed by atoms with Crippen molar-refractivity contribution in [3.8, 4) is 5.75 Å². The Morgan fingerprint density at radius 1 is 1.12 bits per heavy atom. The van der Waals surface area contributed by atoms with Gasteiger partial charge >= 0.3 is 0 Å². The van der Waals surface area contributed by atoms with Crippen LogP contribution in [0.2, 0.25) is 5.02 Å². The lowest BCUT2D eigenvalue weighted by molar-refractivity contribution is -0.0259. The summed E-state index contributed by atoms with van der Waals surface area (Å²) < 4.78 is 38.8. The fourth-order valence-electron chi connectivity index (χ4n) is 3.17. The van der Waals surface area contributed by atoms with Gasteiger partial charge in [-0.1, -0.05) is 28.2 Å². The lowest BCUT2D eigenvalue weighted by Gasteiger charge is -2.21. The maximum absolute atomic E-state index is 13.1. The van der Waals surface area contributed by atoms with Gasteiger partial charge in [0.15, 0.2) is 5.75 Å². The molecule has 9 nitrogen and oxygen atoms in total. The van der Waals surface area contributed by atoms with Crippen molar-refractivity contribution in [2.24, 2.45) is 0 Å². The number of anilines is 3. The minimum atomic E-state index is -4.31. The monoisotopic (exact) mass is 497 g/mol. The normalized spacial score (nSPS) is 12.8. The van der Waals surface area contributed by atoms with E-state index in [4.69, 9.17) is 16.4 Å². The van der Waals surface area contributed by atoms with Crippen LogP contribution < -0.4 is 21.5 Å². The molecule has 3 aromatic rings. The Labute approximate surface area is 194 Å². The average molecular weight is 498 g/mol. The van der Waals surface area contributed by atoms with Crippen LogP contribution in [0.4, 0.5) is 21.5 Å². The van der Waals surface area contributed by atoms with Crippen LogP contribution in [0.15, 0.2) is 50.9 Å².